The molecule has 16 heavy (non-hydrogen) atoms. The zero-order valence-electron chi connectivity index (χ0n) is 9.61. The first-order chi connectivity index (χ1) is 7.81. The summed E-state index contributed by atoms with van der Waals surface area (Å²) in [6, 6.07) is 17.2. The van der Waals surface area contributed by atoms with Gasteiger partial charge in [0.05, 0.1) is 0 Å². The van der Waals surface area contributed by atoms with Gasteiger partial charge in [-0.3, -0.25) is 0 Å². The molecule has 80 valence electrons. The Hall–Kier alpha value is -1.82. The highest BCUT2D eigenvalue weighted by molar-refractivity contribution is 5.67. The van der Waals surface area contributed by atoms with Crippen molar-refractivity contribution >= 4 is 0 Å². The number of hydrogen-bond donors (Lipinski definition) is 0. The molecule has 0 radical (unpaired) electrons. The quantitative estimate of drug-likeness (QED) is 0.656. The van der Waals surface area contributed by atoms with Crippen LogP contribution in [0.15, 0.2) is 61.2 Å². The van der Waals surface area contributed by atoms with Gasteiger partial charge in [-0.2, -0.15) is 0 Å². The Kier molecular flexibility index (Phi) is 3.21. The van der Waals surface area contributed by atoms with Crippen molar-refractivity contribution in [3.05, 3.63) is 72.3 Å². The van der Waals surface area contributed by atoms with Crippen molar-refractivity contribution in [1.82, 2.24) is 0 Å². The van der Waals surface area contributed by atoms with Gasteiger partial charge in [0.15, 0.2) is 0 Å². The highest BCUT2D eigenvalue weighted by atomic mass is 14.1. The molecule has 0 unspecified atom stereocenters. The lowest BCUT2D eigenvalue weighted by Gasteiger charge is -2.08. The molecule has 0 atom stereocenters. The number of allylic oxidation sites excluding steroid dienone is 1. The molecule has 0 aromatic heterocycles. The van der Waals surface area contributed by atoms with Gasteiger partial charge in [-0.05, 0) is 30.0 Å². The molecule has 2 rings (SSSR count). The Morgan fingerprint density at radius 3 is 2.38 bits per heavy atom. The molecule has 0 spiro atoms. The van der Waals surface area contributed by atoms with E-state index in [0.717, 1.165) is 6.42 Å². The smallest absolute Gasteiger partial charge is 0.00940 e. The average molecular weight is 208 g/mol. The minimum Gasteiger partial charge on any atom is -0.103 e. The molecule has 0 saturated heterocycles. The second-order valence-electron chi connectivity index (χ2n) is 4.02. The molecule has 0 aliphatic carbocycles. The van der Waals surface area contributed by atoms with E-state index in [1.807, 2.05) is 6.08 Å². The van der Waals surface area contributed by atoms with Crippen molar-refractivity contribution in [1.29, 1.82) is 0 Å². The summed E-state index contributed by atoms with van der Waals surface area (Å²) in [6.45, 7) is 5.92. The Morgan fingerprint density at radius 1 is 1.00 bits per heavy atom. The highest BCUT2D eigenvalue weighted by Crippen LogP contribution is 2.24. The molecule has 0 fully saturated rings. The van der Waals surface area contributed by atoms with E-state index in [1.165, 1.54) is 22.3 Å². The second-order valence-corrected chi connectivity index (χ2v) is 4.02. The summed E-state index contributed by atoms with van der Waals surface area (Å²) < 4.78 is 0. The van der Waals surface area contributed by atoms with Crippen molar-refractivity contribution in [3.8, 4) is 11.1 Å². The van der Waals surface area contributed by atoms with E-state index >= 15 is 0 Å². The summed E-state index contributed by atoms with van der Waals surface area (Å²) in [6.07, 6.45) is 2.87. The van der Waals surface area contributed by atoms with Crippen LogP contribution in [0.5, 0.6) is 0 Å². The molecular weight excluding hydrogens is 192 g/mol. The minimum atomic E-state index is 0.921. The molecule has 0 heterocycles. The third kappa shape index (κ3) is 2.22. The van der Waals surface area contributed by atoms with E-state index in [-0.39, 0.29) is 0 Å². The molecule has 0 heteroatoms. The van der Waals surface area contributed by atoms with Crippen LogP contribution in [0, 0.1) is 6.92 Å². The summed E-state index contributed by atoms with van der Waals surface area (Å²) in [4.78, 5) is 0. The molecule has 0 amide bonds. The molecule has 0 nitrogen and oxygen atoms in total. The fourth-order valence-corrected chi connectivity index (χ4v) is 1.87. The van der Waals surface area contributed by atoms with Gasteiger partial charge in [0, 0.05) is 0 Å². The normalized spacial score (nSPS) is 10.1. The van der Waals surface area contributed by atoms with Crippen LogP contribution in [-0.2, 0) is 6.42 Å². The molecule has 2 aromatic rings. The van der Waals surface area contributed by atoms with Gasteiger partial charge in [0.2, 0.25) is 0 Å². The summed E-state index contributed by atoms with van der Waals surface area (Å²) in [7, 11) is 0. The van der Waals surface area contributed by atoms with Crippen molar-refractivity contribution in [2.24, 2.45) is 0 Å². The topological polar surface area (TPSA) is 0 Å². The summed E-state index contributed by atoms with van der Waals surface area (Å²) in [5.74, 6) is 0. The van der Waals surface area contributed by atoms with Gasteiger partial charge in [-0.1, -0.05) is 60.2 Å². The Labute approximate surface area is 97.3 Å². The first-order valence-corrected chi connectivity index (χ1v) is 5.57. The summed E-state index contributed by atoms with van der Waals surface area (Å²) in [5, 5.41) is 0. The second kappa shape index (κ2) is 4.80. The van der Waals surface area contributed by atoms with Gasteiger partial charge in [-0.25, -0.2) is 0 Å². The molecule has 0 N–H and O–H groups in total. The lowest BCUT2D eigenvalue weighted by atomic mass is 9.97. The monoisotopic (exact) mass is 208 g/mol. The fourth-order valence-electron chi connectivity index (χ4n) is 1.87. The van der Waals surface area contributed by atoms with E-state index in [1.54, 1.807) is 0 Å². The van der Waals surface area contributed by atoms with Crippen LogP contribution in [0.3, 0.4) is 0 Å². The summed E-state index contributed by atoms with van der Waals surface area (Å²) in [5.41, 5.74) is 5.22. The third-order valence-corrected chi connectivity index (χ3v) is 2.74. The molecule has 0 aliphatic rings. The van der Waals surface area contributed by atoms with E-state index in [0.29, 0.717) is 0 Å². The molecule has 0 bridgehead atoms. The summed E-state index contributed by atoms with van der Waals surface area (Å²) >= 11 is 0. The first kappa shape index (κ1) is 10.7. The van der Waals surface area contributed by atoms with Gasteiger partial charge in [-0.15, -0.1) is 6.58 Å². The van der Waals surface area contributed by atoms with E-state index in [2.05, 4.69) is 62.0 Å². The highest BCUT2D eigenvalue weighted by Gasteiger charge is 2.02. The molecule has 0 saturated carbocycles. The average Bonchev–Trinajstić information content (AvgIpc) is 2.32. The van der Waals surface area contributed by atoms with Crippen LogP contribution in [0.25, 0.3) is 11.1 Å². The van der Waals surface area contributed by atoms with Crippen molar-refractivity contribution in [2.75, 3.05) is 0 Å². The number of rotatable bonds is 3. The Bertz CT molecular complexity index is 478. The first-order valence-electron chi connectivity index (χ1n) is 5.57. The minimum absolute atomic E-state index is 0.921. The fraction of sp³-hybridized carbons (Fsp3) is 0.125. The van der Waals surface area contributed by atoms with E-state index in [4.69, 9.17) is 0 Å². The SMILES string of the molecule is C=CCc1ccccc1-c1ccc(C)cc1. The third-order valence-electron chi connectivity index (χ3n) is 2.74. The maximum Gasteiger partial charge on any atom is -0.00940 e. The maximum absolute atomic E-state index is 3.80. The van der Waals surface area contributed by atoms with Crippen LogP contribution in [0.2, 0.25) is 0 Å². The van der Waals surface area contributed by atoms with Crippen molar-refractivity contribution < 1.29 is 0 Å². The zero-order valence-corrected chi connectivity index (χ0v) is 9.61. The maximum atomic E-state index is 3.80. The van der Waals surface area contributed by atoms with Crippen molar-refractivity contribution in [3.63, 3.8) is 0 Å². The van der Waals surface area contributed by atoms with E-state index in [9.17, 15) is 0 Å². The predicted octanol–water partition coefficient (Wildman–Crippen LogP) is 4.39. The van der Waals surface area contributed by atoms with E-state index < -0.39 is 0 Å². The Balaban J connectivity index is 2.46. The largest absolute Gasteiger partial charge is 0.103 e. The van der Waals surface area contributed by atoms with Gasteiger partial charge in [0.25, 0.3) is 0 Å². The number of aryl methyl sites for hydroxylation is 1. The predicted molar refractivity (Wildman–Crippen MR) is 70.5 cm³/mol. The standard InChI is InChI=1S/C16H16/c1-3-6-14-7-4-5-8-16(14)15-11-9-13(2)10-12-15/h3-5,7-12H,1,6H2,2H3. The zero-order chi connectivity index (χ0) is 11.4. The lowest BCUT2D eigenvalue weighted by Crippen LogP contribution is -1.87. The van der Waals surface area contributed by atoms with Crippen LogP contribution < -0.4 is 0 Å². The molecular formula is C16H16. The van der Waals surface area contributed by atoms with Crippen LogP contribution >= 0.6 is 0 Å². The Morgan fingerprint density at radius 2 is 1.69 bits per heavy atom. The van der Waals surface area contributed by atoms with Gasteiger partial charge >= 0.3 is 0 Å². The van der Waals surface area contributed by atoms with Crippen LogP contribution in [0.1, 0.15) is 11.1 Å². The van der Waals surface area contributed by atoms with Crippen molar-refractivity contribution in [2.45, 2.75) is 13.3 Å². The number of benzene rings is 2. The molecule has 0 aliphatic heterocycles. The lowest BCUT2D eigenvalue weighted by molar-refractivity contribution is 1.28. The number of hydrogen-bond acceptors (Lipinski definition) is 0. The van der Waals surface area contributed by atoms with Crippen LogP contribution in [-0.4, -0.2) is 0 Å². The van der Waals surface area contributed by atoms with Gasteiger partial charge < -0.3 is 0 Å². The van der Waals surface area contributed by atoms with Gasteiger partial charge in [0.1, 0.15) is 0 Å². The molecule has 2 aromatic carbocycles. The van der Waals surface area contributed by atoms with Crippen LogP contribution in [0.4, 0.5) is 0 Å².